The molecule has 2 heterocycles. The molecule has 1 aliphatic heterocycles. The largest absolute Gasteiger partial charge is 0.462 e. The number of nitrogens with one attached hydrogen (secondary N) is 3. The fourth-order valence-corrected chi connectivity index (χ4v) is 8.64. The smallest absolute Gasteiger partial charge is 0.413 e. The van der Waals surface area contributed by atoms with E-state index < -0.39 is 96.7 Å². The predicted molar refractivity (Wildman–Crippen MR) is 211 cm³/mol. The van der Waals surface area contributed by atoms with Crippen LogP contribution in [0.1, 0.15) is 53.3 Å². The summed E-state index contributed by atoms with van der Waals surface area (Å²) < 4.78 is 85.0. The van der Waals surface area contributed by atoms with Crippen molar-refractivity contribution >= 4 is 48.2 Å². The fourth-order valence-electron chi connectivity index (χ4n) is 5.08. The van der Waals surface area contributed by atoms with Crippen molar-refractivity contribution in [2.75, 3.05) is 11.9 Å². The number of aromatic nitrogens is 2. The van der Waals surface area contributed by atoms with Gasteiger partial charge in [0.15, 0.2) is 16.6 Å². The van der Waals surface area contributed by atoms with Crippen LogP contribution in [0.15, 0.2) is 41.3 Å². The molecule has 0 aliphatic carbocycles. The Morgan fingerprint density at radius 3 is 1.91 bits per heavy atom. The van der Waals surface area contributed by atoms with Gasteiger partial charge in [-0.15, -0.1) is 0 Å². The Morgan fingerprint density at radius 2 is 1.44 bits per heavy atom. The first-order chi connectivity index (χ1) is 26.2. The Labute approximate surface area is 333 Å². The van der Waals surface area contributed by atoms with E-state index in [1.165, 1.54) is 38.1 Å². The van der Waals surface area contributed by atoms with Crippen molar-refractivity contribution in [3.05, 3.63) is 52.6 Å². The molecule has 1 amide bonds. The highest BCUT2D eigenvalue weighted by atomic mass is 31.2. The Kier molecular flexibility index (Phi) is 16.3. The monoisotopic (exact) mass is 863 g/mol. The molecule has 1 aromatic carbocycles. The molecule has 5 atom stereocenters. The number of hydrogen-bond acceptors (Lipinski definition) is 13. The van der Waals surface area contributed by atoms with Gasteiger partial charge in [0.05, 0.1) is 18.8 Å². The lowest BCUT2D eigenvalue weighted by atomic mass is 10.1. The highest BCUT2D eigenvalue weighted by molar-refractivity contribution is 7.55. The zero-order chi connectivity index (χ0) is 43.1. The minimum atomic E-state index is -4.17. The molecule has 3 rings (SSSR count). The molecule has 320 valence electrons. The number of hydrogen-bond donors (Lipinski definition) is 3. The van der Waals surface area contributed by atoms with Gasteiger partial charge in [-0.3, -0.25) is 19.5 Å². The Bertz CT molecular complexity index is 1770. The van der Waals surface area contributed by atoms with E-state index in [1.807, 2.05) is 19.6 Å². The summed E-state index contributed by atoms with van der Waals surface area (Å²) in [4.78, 5) is 54.3. The average Bonchev–Trinajstić information content (AvgIpc) is 3.29. The van der Waals surface area contributed by atoms with Crippen LogP contribution in [-0.4, -0.2) is 93.2 Å². The van der Waals surface area contributed by atoms with Gasteiger partial charge in [-0.2, -0.15) is 13.8 Å². The normalized spacial score (nSPS) is 19.5. The summed E-state index contributed by atoms with van der Waals surface area (Å²) in [6, 6.07) is 4.80. The number of ether oxygens (including phenoxy) is 4. The van der Waals surface area contributed by atoms with Crippen LogP contribution in [0, 0.1) is 0 Å². The second kappa shape index (κ2) is 19.5. The van der Waals surface area contributed by atoms with E-state index >= 15 is 8.78 Å². The van der Waals surface area contributed by atoms with Crippen molar-refractivity contribution < 1.29 is 60.1 Å². The van der Waals surface area contributed by atoms with Crippen LogP contribution in [0.4, 0.5) is 19.4 Å². The number of alkyl halides is 2. The lowest BCUT2D eigenvalue weighted by Gasteiger charge is -2.31. The summed E-state index contributed by atoms with van der Waals surface area (Å²) >= 11 is 0. The Balaban J connectivity index is 1.67. The molecule has 1 saturated heterocycles. The second-order valence-corrected chi connectivity index (χ2v) is 26.7. The minimum absolute atomic E-state index is 0.0650. The first kappa shape index (κ1) is 47.8. The van der Waals surface area contributed by atoms with Crippen LogP contribution in [0.5, 0.6) is 5.75 Å². The highest BCUT2D eigenvalue weighted by Gasteiger charge is 2.62. The molecule has 0 unspecified atom stereocenters. The van der Waals surface area contributed by atoms with Crippen molar-refractivity contribution in [2.24, 2.45) is 0 Å². The molecule has 22 heteroatoms. The van der Waals surface area contributed by atoms with Crippen LogP contribution in [0.3, 0.4) is 0 Å². The Hall–Kier alpha value is -3.57. The summed E-state index contributed by atoms with van der Waals surface area (Å²) in [5, 5.41) is 7.48. The highest BCUT2D eigenvalue weighted by Crippen LogP contribution is 2.45. The zero-order valence-corrected chi connectivity index (χ0v) is 37.3. The lowest BCUT2D eigenvalue weighted by Crippen LogP contribution is -2.49. The van der Waals surface area contributed by atoms with Gasteiger partial charge in [0, 0.05) is 6.20 Å². The maximum absolute atomic E-state index is 15.8. The number of amides is 1. The van der Waals surface area contributed by atoms with E-state index in [0.29, 0.717) is 10.1 Å². The molecule has 1 aliphatic rings. The third-order valence-electron chi connectivity index (χ3n) is 7.49. The third kappa shape index (κ3) is 15.0. The molecule has 0 spiro atoms. The minimum Gasteiger partial charge on any atom is -0.462 e. The van der Waals surface area contributed by atoms with Crippen LogP contribution in [-0.2, 0) is 48.6 Å². The summed E-state index contributed by atoms with van der Waals surface area (Å²) in [6.45, 7) is 20.1. The molecule has 3 N–H and O–H groups in total. The van der Waals surface area contributed by atoms with Gasteiger partial charge < -0.3 is 32.3 Å². The van der Waals surface area contributed by atoms with Crippen molar-refractivity contribution in [1.82, 2.24) is 19.7 Å². The van der Waals surface area contributed by atoms with E-state index in [0.717, 1.165) is 12.3 Å². The predicted octanol–water partition coefficient (Wildman–Crippen LogP) is 5.94. The summed E-state index contributed by atoms with van der Waals surface area (Å²) in [5.41, 5.74) is -0.645. The van der Waals surface area contributed by atoms with Gasteiger partial charge in [-0.05, 0) is 105 Å². The maximum atomic E-state index is 15.8. The fraction of sp³-hybridized carbons (Fsp3) is 0.629. The van der Waals surface area contributed by atoms with Crippen molar-refractivity contribution in [3.8, 4) is 5.75 Å². The van der Waals surface area contributed by atoms with Crippen LogP contribution >= 0.6 is 7.67 Å². The number of carbonyl (C=O) groups is 3. The van der Waals surface area contributed by atoms with Crippen LogP contribution in [0.2, 0.25) is 39.3 Å². The van der Waals surface area contributed by atoms with E-state index in [4.69, 9.17) is 32.3 Å². The van der Waals surface area contributed by atoms with Gasteiger partial charge >= 0.3 is 37.3 Å². The summed E-state index contributed by atoms with van der Waals surface area (Å²) in [6.07, 6.45) is -5.66. The topological polar surface area (TPSA) is 204 Å². The van der Waals surface area contributed by atoms with Crippen molar-refractivity contribution in [2.45, 2.75) is 136 Å². The van der Waals surface area contributed by atoms with Gasteiger partial charge in [0.2, 0.25) is 6.23 Å². The van der Waals surface area contributed by atoms with Gasteiger partial charge in [0.1, 0.15) is 42.5 Å². The summed E-state index contributed by atoms with van der Waals surface area (Å²) in [7, 11) is -8.77. The maximum Gasteiger partial charge on any atom is 0.413 e. The molecule has 0 bridgehead atoms. The number of halogens is 2. The first-order valence-corrected chi connectivity index (χ1v) is 26.9. The number of rotatable bonds is 19. The number of anilines is 1. The van der Waals surface area contributed by atoms with E-state index in [1.54, 1.807) is 47.3 Å². The van der Waals surface area contributed by atoms with Gasteiger partial charge in [-0.1, -0.05) is 12.1 Å². The standard InChI is InChI=1S/C35H56F2N5O12PSi2/c1-21(2)50-30(43)23(5)40-55(47,41-24(6)31(44)51-22(3)4)53-26-15-13-25(14-16-26)19-48-34(46)39-28-17-18-42(33(45)38-28)32-35(36,37)29(54-57(10,11)12)27(52-32)20-49-56(7,8)9/h13-18,21-24,27,29,32H,19-20H2,1-12H3,(H2,40,41,47)(H,38,39,45,46)/t23-,24-,27+,29+,32+/m0/s1. The lowest BCUT2D eigenvalue weighted by molar-refractivity contribution is -0.149. The van der Waals surface area contributed by atoms with Crippen LogP contribution < -0.4 is 25.7 Å². The van der Waals surface area contributed by atoms with Gasteiger partial charge in [0.25, 0.3) is 0 Å². The van der Waals surface area contributed by atoms with Crippen molar-refractivity contribution in [1.29, 1.82) is 0 Å². The van der Waals surface area contributed by atoms with E-state index in [-0.39, 0.29) is 24.8 Å². The number of carbonyl (C=O) groups excluding carboxylic acids is 3. The first-order valence-electron chi connectivity index (χ1n) is 18.4. The number of esters is 2. The van der Waals surface area contributed by atoms with E-state index in [9.17, 15) is 23.7 Å². The molecule has 0 radical (unpaired) electrons. The molecular weight excluding hydrogens is 808 g/mol. The molecule has 2 aromatic rings. The molecule has 17 nitrogen and oxygen atoms in total. The quantitative estimate of drug-likeness (QED) is 0.0647. The molecular formula is C35H56F2N5O12PSi2. The molecule has 0 saturated carbocycles. The molecule has 1 fully saturated rings. The van der Waals surface area contributed by atoms with E-state index in [2.05, 4.69) is 20.5 Å². The zero-order valence-electron chi connectivity index (χ0n) is 34.4. The SMILES string of the molecule is CC(C)OC(=O)[C@H](C)NP(=O)(N[C@@H](C)C(=O)OC(C)C)Oc1ccc(COC(=O)Nc2ccn([C@@H]3O[C@H](CO[Si](C)(C)C)[C@@H](O[Si](C)(C)C)C3(F)F)c(=O)n2)cc1. The molecule has 57 heavy (non-hydrogen) atoms. The van der Waals surface area contributed by atoms with Crippen LogP contribution in [0.25, 0.3) is 0 Å². The third-order valence-corrected chi connectivity index (χ3v) is 11.4. The van der Waals surface area contributed by atoms with Crippen molar-refractivity contribution in [3.63, 3.8) is 0 Å². The second-order valence-electron chi connectivity index (χ2n) is 15.9. The average molecular weight is 864 g/mol. The summed E-state index contributed by atoms with van der Waals surface area (Å²) in [5.74, 6) is -5.20. The molecule has 1 aromatic heterocycles. The van der Waals surface area contributed by atoms with Gasteiger partial charge in [-0.25, -0.2) is 24.3 Å². The number of benzene rings is 1. The Morgan fingerprint density at radius 1 is 0.895 bits per heavy atom. The number of nitrogens with zero attached hydrogens (tertiary/aromatic N) is 2.